The van der Waals surface area contributed by atoms with Gasteiger partial charge in [-0.25, -0.2) is 0 Å². The minimum absolute atomic E-state index is 0.210. The topological polar surface area (TPSA) is 9.23 Å². The molecule has 0 amide bonds. The molecule has 82 valence electrons. The van der Waals surface area contributed by atoms with Crippen molar-refractivity contribution in [3.8, 4) is 5.75 Å². The Labute approximate surface area is 93.7 Å². The number of benzene rings is 1. The number of hydrogen-bond donors (Lipinski definition) is 0. The van der Waals surface area contributed by atoms with Crippen molar-refractivity contribution >= 4 is 22.0 Å². The molecular weight excluding hydrogens is 273 g/mol. The van der Waals surface area contributed by atoms with Crippen LogP contribution in [-0.2, 0) is 0 Å². The highest BCUT2D eigenvalue weighted by Gasteiger charge is 2.30. The van der Waals surface area contributed by atoms with Gasteiger partial charge in [-0.15, -0.1) is 13.2 Å². The second-order valence-electron chi connectivity index (χ2n) is 2.67. The number of allylic oxidation sites excluding steroid dienone is 1. The Bertz CT molecular complexity index is 330. The van der Waals surface area contributed by atoms with E-state index in [1.54, 1.807) is 18.2 Å². The van der Waals surface area contributed by atoms with Crippen molar-refractivity contribution in [1.29, 1.82) is 0 Å². The molecule has 0 aliphatic heterocycles. The molecule has 0 aliphatic carbocycles. The Balaban J connectivity index is 2.68. The van der Waals surface area contributed by atoms with E-state index in [9.17, 15) is 13.2 Å². The van der Waals surface area contributed by atoms with Gasteiger partial charge in [-0.1, -0.05) is 40.2 Å². The maximum absolute atomic E-state index is 11.8. The Morgan fingerprint density at radius 1 is 1.20 bits per heavy atom. The average Bonchev–Trinajstić information content (AvgIpc) is 2.14. The molecule has 0 saturated heterocycles. The summed E-state index contributed by atoms with van der Waals surface area (Å²) in [6.45, 7) is 0. The summed E-state index contributed by atoms with van der Waals surface area (Å²) in [6.07, 6.45) is -0.987. The molecule has 0 heterocycles. The van der Waals surface area contributed by atoms with Crippen molar-refractivity contribution in [3.05, 3.63) is 35.9 Å². The summed E-state index contributed by atoms with van der Waals surface area (Å²) in [7, 11) is 0. The van der Waals surface area contributed by atoms with Gasteiger partial charge in [-0.05, 0) is 17.7 Å². The van der Waals surface area contributed by atoms with Gasteiger partial charge in [0, 0.05) is 5.33 Å². The summed E-state index contributed by atoms with van der Waals surface area (Å²) in [5, 5.41) is 0.702. The van der Waals surface area contributed by atoms with Crippen LogP contribution in [0.15, 0.2) is 30.3 Å². The van der Waals surface area contributed by atoms with E-state index in [0.29, 0.717) is 5.33 Å². The molecule has 15 heavy (non-hydrogen) atoms. The smallest absolute Gasteiger partial charge is 0.406 e. The first-order chi connectivity index (χ1) is 7.01. The van der Waals surface area contributed by atoms with E-state index in [1.165, 1.54) is 12.1 Å². The molecule has 1 rings (SSSR count). The van der Waals surface area contributed by atoms with Gasteiger partial charge in [0.05, 0.1) is 0 Å². The standard InChI is InChI=1S/C10H8BrF3O/c11-7-1-2-8-3-5-9(6-4-8)15-10(12,13)14/h1-6H,7H2/b2-1+. The molecule has 0 saturated carbocycles. The van der Waals surface area contributed by atoms with Gasteiger partial charge in [0.15, 0.2) is 0 Å². The Morgan fingerprint density at radius 2 is 1.80 bits per heavy atom. The van der Waals surface area contributed by atoms with Crippen LogP contribution < -0.4 is 4.74 Å². The maximum Gasteiger partial charge on any atom is 0.573 e. The van der Waals surface area contributed by atoms with Gasteiger partial charge in [-0.3, -0.25) is 0 Å². The van der Waals surface area contributed by atoms with Crippen molar-refractivity contribution in [2.45, 2.75) is 6.36 Å². The lowest BCUT2D eigenvalue weighted by atomic mass is 10.2. The van der Waals surface area contributed by atoms with E-state index in [1.807, 2.05) is 6.08 Å². The minimum atomic E-state index is -4.63. The number of ether oxygens (including phenoxy) is 1. The van der Waals surface area contributed by atoms with E-state index in [2.05, 4.69) is 20.7 Å². The maximum atomic E-state index is 11.8. The van der Waals surface area contributed by atoms with Gasteiger partial charge in [0.2, 0.25) is 0 Å². The van der Waals surface area contributed by atoms with Crippen molar-refractivity contribution in [1.82, 2.24) is 0 Å². The first kappa shape index (κ1) is 12.1. The summed E-state index contributed by atoms with van der Waals surface area (Å²) in [5.41, 5.74) is 0.823. The molecule has 1 nitrogen and oxygen atoms in total. The predicted octanol–water partition coefficient (Wildman–Crippen LogP) is 3.99. The van der Waals surface area contributed by atoms with Crippen LogP contribution in [0.3, 0.4) is 0 Å². The Kier molecular flexibility index (Phi) is 4.20. The van der Waals surface area contributed by atoms with Crippen molar-refractivity contribution < 1.29 is 17.9 Å². The van der Waals surface area contributed by atoms with Crippen LogP contribution in [0.5, 0.6) is 5.75 Å². The Morgan fingerprint density at radius 3 is 2.27 bits per heavy atom. The second kappa shape index (κ2) is 5.21. The predicted molar refractivity (Wildman–Crippen MR) is 56.0 cm³/mol. The van der Waals surface area contributed by atoms with E-state index in [4.69, 9.17) is 0 Å². The molecule has 0 bridgehead atoms. The van der Waals surface area contributed by atoms with Gasteiger partial charge >= 0.3 is 6.36 Å². The summed E-state index contributed by atoms with van der Waals surface area (Å²) < 4.78 is 39.1. The number of alkyl halides is 4. The highest BCUT2D eigenvalue weighted by molar-refractivity contribution is 9.09. The third-order valence-electron chi connectivity index (χ3n) is 1.51. The quantitative estimate of drug-likeness (QED) is 0.761. The van der Waals surface area contributed by atoms with Crippen LogP contribution >= 0.6 is 15.9 Å². The SMILES string of the molecule is FC(F)(F)Oc1ccc(/C=C/CBr)cc1. The number of hydrogen-bond acceptors (Lipinski definition) is 1. The van der Waals surface area contributed by atoms with Gasteiger partial charge < -0.3 is 4.74 Å². The van der Waals surface area contributed by atoms with Crippen molar-refractivity contribution in [2.75, 3.05) is 5.33 Å². The van der Waals surface area contributed by atoms with Crippen molar-refractivity contribution in [2.24, 2.45) is 0 Å². The molecule has 0 aliphatic rings. The van der Waals surface area contributed by atoms with E-state index in [-0.39, 0.29) is 5.75 Å². The van der Waals surface area contributed by atoms with E-state index < -0.39 is 6.36 Å². The lowest BCUT2D eigenvalue weighted by Gasteiger charge is -2.08. The number of halogens is 4. The zero-order chi connectivity index (χ0) is 11.3. The molecule has 5 heteroatoms. The van der Waals surface area contributed by atoms with Crippen LogP contribution in [0, 0.1) is 0 Å². The van der Waals surface area contributed by atoms with Crippen LogP contribution in [0.4, 0.5) is 13.2 Å². The lowest BCUT2D eigenvalue weighted by Crippen LogP contribution is -2.16. The molecule has 0 fully saturated rings. The molecule has 1 aromatic rings. The fraction of sp³-hybridized carbons (Fsp3) is 0.200. The molecule has 0 spiro atoms. The van der Waals surface area contributed by atoms with Gasteiger partial charge in [-0.2, -0.15) is 0 Å². The summed E-state index contributed by atoms with van der Waals surface area (Å²) in [4.78, 5) is 0. The van der Waals surface area contributed by atoms with Gasteiger partial charge in [0.1, 0.15) is 5.75 Å². The monoisotopic (exact) mass is 280 g/mol. The van der Waals surface area contributed by atoms with Gasteiger partial charge in [0.25, 0.3) is 0 Å². The largest absolute Gasteiger partial charge is 0.573 e. The molecule has 0 aromatic heterocycles. The van der Waals surface area contributed by atoms with Crippen LogP contribution in [-0.4, -0.2) is 11.7 Å². The zero-order valence-electron chi connectivity index (χ0n) is 7.59. The molecular formula is C10H8BrF3O. The lowest BCUT2D eigenvalue weighted by molar-refractivity contribution is -0.274. The van der Waals surface area contributed by atoms with Crippen LogP contribution in [0.25, 0.3) is 6.08 Å². The summed E-state index contributed by atoms with van der Waals surface area (Å²) >= 11 is 3.20. The fourth-order valence-electron chi connectivity index (χ4n) is 0.961. The third kappa shape index (κ3) is 4.88. The first-order valence-corrected chi connectivity index (χ1v) is 5.22. The average molecular weight is 281 g/mol. The van der Waals surface area contributed by atoms with Crippen LogP contribution in [0.1, 0.15) is 5.56 Å². The van der Waals surface area contributed by atoms with E-state index >= 15 is 0 Å². The molecule has 0 unspecified atom stereocenters. The summed E-state index contributed by atoms with van der Waals surface area (Å²) in [6, 6.07) is 5.67. The molecule has 0 N–H and O–H groups in total. The van der Waals surface area contributed by atoms with Crippen LogP contribution in [0.2, 0.25) is 0 Å². The molecule has 1 aromatic carbocycles. The molecule has 0 atom stereocenters. The third-order valence-corrected chi connectivity index (χ3v) is 1.89. The fourth-order valence-corrected chi connectivity index (χ4v) is 1.15. The summed E-state index contributed by atoms with van der Waals surface area (Å²) in [5.74, 6) is -0.210. The zero-order valence-corrected chi connectivity index (χ0v) is 9.18. The Hall–Kier alpha value is -0.970. The minimum Gasteiger partial charge on any atom is -0.406 e. The highest BCUT2D eigenvalue weighted by Crippen LogP contribution is 2.22. The van der Waals surface area contributed by atoms with Crippen molar-refractivity contribution in [3.63, 3.8) is 0 Å². The second-order valence-corrected chi connectivity index (χ2v) is 3.32. The van der Waals surface area contributed by atoms with E-state index in [0.717, 1.165) is 5.56 Å². The molecule has 0 radical (unpaired) electrons. The highest BCUT2D eigenvalue weighted by atomic mass is 79.9. The first-order valence-electron chi connectivity index (χ1n) is 4.09. The normalized spacial score (nSPS) is 12.0. The number of rotatable bonds is 3.